The van der Waals surface area contributed by atoms with Crippen LogP contribution in [0.1, 0.15) is 32.9 Å². The Morgan fingerprint density at radius 3 is 2.60 bits per heavy atom. The van der Waals surface area contributed by atoms with E-state index in [9.17, 15) is 4.79 Å². The van der Waals surface area contributed by atoms with Gasteiger partial charge in [0.15, 0.2) is 0 Å². The second-order valence-corrected chi connectivity index (χ2v) is 7.57. The number of benzene rings is 2. The fraction of sp³-hybridized carbons (Fsp3) is 0.227. The Labute approximate surface area is 183 Å². The van der Waals surface area contributed by atoms with Gasteiger partial charge in [-0.15, -0.1) is 0 Å². The average Bonchev–Trinajstić information content (AvgIpc) is 3.04. The quantitative estimate of drug-likeness (QED) is 0.416. The molecule has 0 unspecified atom stereocenters. The highest BCUT2D eigenvalue weighted by atomic mass is 79.9. The predicted octanol–water partition coefficient (Wildman–Crippen LogP) is 4.09. The Kier molecular flexibility index (Phi) is 6.89. The number of nitrogens with one attached hydrogen (secondary N) is 1. The molecule has 0 fully saturated rings. The normalized spacial score (nSPS) is 11.0. The second kappa shape index (κ2) is 9.58. The Bertz CT molecular complexity index is 1090. The number of aryl methyl sites for hydroxylation is 2. The molecule has 1 heterocycles. The number of ether oxygens (including phenoxy) is 2. The van der Waals surface area contributed by atoms with Crippen molar-refractivity contribution in [3.05, 3.63) is 75.0 Å². The van der Waals surface area contributed by atoms with E-state index in [1.807, 2.05) is 48.9 Å². The van der Waals surface area contributed by atoms with E-state index in [0.717, 1.165) is 21.4 Å². The molecule has 0 bridgehead atoms. The summed E-state index contributed by atoms with van der Waals surface area (Å²) in [5, 5.41) is 8.54. The lowest BCUT2D eigenvalue weighted by Gasteiger charge is -2.09. The predicted molar refractivity (Wildman–Crippen MR) is 120 cm³/mol. The van der Waals surface area contributed by atoms with E-state index in [0.29, 0.717) is 29.2 Å². The molecule has 1 aromatic heterocycles. The highest BCUT2D eigenvalue weighted by Crippen LogP contribution is 2.31. The van der Waals surface area contributed by atoms with Crippen LogP contribution in [0.2, 0.25) is 0 Å². The summed E-state index contributed by atoms with van der Waals surface area (Å²) >= 11 is 3.43. The van der Waals surface area contributed by atoms with Gasteiger partial charge in [0.1, 0.15) is 11.5 Å². The van der Waals surface area contributed by atoms with Crippen LogP contribution in [0.15, 0.2) is 52.0 Å². The SMILES string of the molecule is COc1cc(OC)c(/C=N\NC(=O)c2cccc(Cn3nc(C)cc3C)c2)cc1Br. The van der Waals surface area contributed by atoms with E-state index in [4.69, 9.17) is 9.47 Å². The van der Waals surface area contributed by atoms with E-state index >= 15 is 0 Å². The van der Waals surface area contributed by atoms with Crippen molar-refractivity contribution >= 4 is 28.1 Å². The molecule has 7 nitrogen and oxygen atoms in total. The van der Waals surface area contributed by atoms with Gasteiger partial charge in [-0.3, -0.25) is 9.48 Å². The molecule has 156 valence electrons. The molecule has 0 atom stereocenters. The van der Waals surface area contributed by atoms with E-state index in [1.165, 1.54) is 6.21 Å². The summed E-state index contributed by atoms with van der Waals surface area (Å²) in [7, 11) is 3.14. The van der Waals surface area contributed by atoms with Crippen molar-refractivity contribution in [2.24, 2.45) is 5.10 Å². The fourth-order valence-electron chi connectivity index (χ4n) is 3.03. The minimum Gasteiger partial charge on any atom is -0.496 e. The molecule has 3 rings (SSSR count). The van der Waals surface area contributed by atoms with Gasteiger partial charge in [0.2, 0.25) is 0 Å². The summed E-state index contributed by atoms with van der Waals surface area (Å²) in [4.78, 5) is 12.5. The van der Waals surface area contributed by atoms with E-state index in [-0.39, 0.29) is 5.91 Å². The van der Waals surface area contributed by atoms with Crippen molar-refractivity contribution in [3.63, 3.8) is 0 Å². The lowest BCUT2D eigenvalue weighted by Crippen LogP contribution is -2.18. The van der Waals surface area contributed by atoms with Crippen LogP contribution in [-0.4, -0.2) is 36.1 Å². The van der Waals surface area contributed by atoms with Crippen LogP contribution in [0.5, 0.6) is 11.5 Å². The minimum atomic E-state index is -0.298. The monoisotopic (exact) mass is 470 g/mol. The van der Waals surface area contributed by atoms with E-state index in [1.54, 1.807) is 26.4 Å². The van der Waals surface area contributed by atoms with Gasteiger partial charge in [-0.05, 0) is 59.6 Å². The zero-order valence-electron chi connectivity index (χ0n) is 17.3. The second-order valence-electron chi connectivity index (χ2n) is 6.71. The number of carbonyl (C=O) groups is 1. The third-order valence-electron chi connectivity index (χ3n) is 4.50. The zero-order valence-corrected chi connectivity index (χ0v) is 18.9. The first-order valence-corrected chi connectivity index (χ1v) is 10.1. The molecule has 0 aliphatic rings. The smallest absolute Gasteiger partial charge is 0.271 e. The first-order chi connectivity index (χ1) is 14.4. The van der Waals surface area contributed by atoms with Crippen LogP contribution in [-0.2, 0) is 6.54 Å². The third-order valence-corrected chi connectivity index (χ3v) is 5.12. The Balaban J connectivity index is 1.71. The number of carbonyl (C=O) groups excluding carboxylic acids is 1. The van der Waals surface area contributed by atoms with Gasteiger partial charge in [0.25, 0.3) is 5.91 Å². The first kappa shape index (κ1) is 21.6. The van der Waals surface area contributed by atoms with Gasteiger partial charge in [-0.25, -0.2) is 5.43 Å². The number of halogens is 1. The van der Waals surface area contributed by atoms with Crippen molar-refractivity contribution in [1.29, 1.82) is 0 Å². The van der Waals surface area contributed by atoms with Crippen LogP contribution >= 0.6 is 15.9 Å². The summed E-state index contributed by atoms with van der Waals surface area (Å²) < 4.78 is 13.3. The van der Waals surface area contributed by atoms with Crippen LogP contribution in [0, 0.1) is 13.8 Å². The number of rotatable bonds is 7. The highest BCUT2D eigenvalue weighted by Gasteiger charge is 2.10. The Morgan fingerprint density at radius 1 is 1.17 bits per heavy atom. The molecule has 8 heteroatoms. The molecule has 0 aliphatic heterocycles. The average molecular weight is 471 g/mol. The zero-order chi connectivity index (χ0) is 21.7. The van der Waals surface area contributed by atoms with Crippen molar-refractivity contribution in [1.82, 2.24) is 15.2 Å². The van der Waals surface area contributed by atoms with E-state index < -0.39 is 0 Å². The molecular formula is C22H23BrN4O3. The number of hydrazone groups is 1. The van der Waals surface area contributed by atoms with Crippen molar-refractivity contribution in [2.45, 2.75) is 20.4 Å². The molecular weight excluding hydrogens is 448 g/mol. The molecule has 3 aromatic rings. The molecule has 0 radical (unpaired) electrons. The lowest BCUT2D eigenvalue weighted by molar-refractivity contribution is 0.0955. The number of methoxy groups -OCH3 is 2. The van der Waals surface area contributed by atoms with Gasteiger partial charge in [0.05, 0.1) is 37.1 Å². The van der Waals surface area contributed by atoms with Crippen LogP contribution in [0.3, 0.4) is 0 Å². The maximum absolute atomic E-state index is 12.5. The molecule has 1 amide bonds. The van der Waals surface area contributed by atoms with Crippen LogP contribution in [0.25, 0.3) is 0 Å². The van der Waals surface area contributed by atoms with Gasteiger partial charge in [-0.2, -0.15) is 10.2 Å². The topological polar surface area (TPSA) is 77.7 Å². The number of hydrogen-bond acceptors (Lipinski definition) is 5. The molecule has 0 aliphatic carbocycles. The number of hydrogen-bond donors (Lipinski definition) is 1. The molecule has 2 aromatic carbocycles. The van der Waals surface area contributed by atoms with Gasteiger partial charge in [0, 0.05) is 22.9 Å². The fourth-order valence-corrected chi connectivity index (χ4v) is 3.55. The molecule has 1 N–H and O–H groups in total. The molecule has 0 saturated heterocycles. The Morgan fingerprint density at radius 2 is 1.93 bits per heavy atom. The maximum Gasteiger partial charge on any atom is 0.271 e. The largest absolute Gasteiger partial charge is 0.496 e. The number of nitrogens with zero attached hydrogens (tertiary/aromatic N) is 3. The standard InChI is InChI=1S/C22H23BrN4O3/c1-14-8-15(2)27(26-14)13-16-6-5-7-17(9-16)22(28)25-24-12-18-10-19(23)21(30-4)11-20(18)29-3/h5-12H,13H2,1-4H3,(H,25,28)/b24-12-. The van der Waals surface area contributed by atoms with Crippen LogP contribution < -0.4 is 14.9 Å². The van der Waals surface area contributed by atoms with Gasteiger partial charge < -0.3 is 9.47 Å². The molecule has 0 saturated carbocycles. The van der Waals surface area contributed by atoms with Crippen molar-refractivity contribution in [2.75, 3.05) is 14.2 Å². The third kappa shape index (κ3) is 5.07. The highest BCUT2D eigenvalue weighted by molar-refractivity contribution is 9.10. The number of aromatic nitrogens is 2. The van der Waals surface area contributed by atoms with Crippen LogP contribution in [0.4, 0.5) is 0 Å². The first-order valence-electron chi connectivity index (χ1n) is 9.26. The summed E-state index contributed by atoms with van der Waals surface area (Å²) in [6, 6.07) is 13.0. The molecule has 0 spiro atoms. The Hall–Kier alpha value is -3.13. The number of amides is 1. The summed E-state index contributed by atoms with van der Waals surface area (Å²) in [5.74, 6) is 0.931. The minimum absolute atomic E-state index is 0.298. The lowest BCUT2D eigenvalue weighted by atomic mass is 10.1. The van der Waals surface area contributed by atoms with Gasteiger partial charge >= 0.3 is 0 Å². The van der Waals surface area contributed by atoms with Crippen molar-refractivity contribution < 1.29 is 14.3 Å². The van der Waals surface area contributed by atoms with E-state index in [2.05, 4.69) is 31.6 Å². The summed E-state index contributed by atoms with van der Waals surface area (Å²) in [6.45, 7) is 4.57. The molecule has 30 heavy (non-hydrogen) atoms. The summed E-state index contributed by atoms with van der Waals surface area (Å²) in [5.41, 5.74) is 6.81. The summed E-state index contributed by atoms with van der Waals surface area (Å²) in [6.07, 6.45) is 1.53. The van der Waals surface area contributed by atoms with Crippen molar-refractivity contribution in [3.8, 4) is 11.5 Å². The maximum atomic E-state index is 12.5. The van der Waals surface area contributed by atoms with Gasteiger partial charge in [-0.1, -0.05) is 12.1 Å².